The number of piperazine rings is 1. The number of benzene rings is 2. The number of ether oxygens (including phenoxy) is 2. The van der Waals surface area contributed by atoms with Crippen LogP contribution in [0.15, 0.2) is 54.6 Å². The van der Waals surface area contributed by atoms with E-state index in [1.165, 1.54) is 5.69 Å². The van der Waals surface area contributed by atoms with Gasteiger partial charge in [0.05, 0.1) is 37.9 Å². The Morgan fingerprint density at radius 3 is 2.32 bits per heavy atom. The van der Waals surface area contributed by atoms with Gasteiger partial charge in [0.1, 0.15) is 5.75 Å². The molecule has 0 spiro atoms. The lowest BCUT2D eigenvalue weighted by Gasteiger charge is -2.36. The van der Waals surface area contributed by atoms with Gasteiger partial charge in [0.15, 0.2) is 0 Å². The van der Waals surface area contributed by atoms with Gasteiger partial charge in [-0.1, -0.05) is 30.3 Å². The highest BCUT2D eigenvalue weighted by atomic mass is 32.1. The van der Waals surface area contributed by atoms with Crippen LogP contribution in [0.4, 0.5) is 11.6 Å². The fourth-order valence-corrected chi connectivity index (χ4v) is 4.86. The van der Waals surface area contributed by atoms with Gasteiger partial charge < -0.3 is 19.3 Å². The van der Waals surface area contributed by atoms with Crippen LogP contribution in [0.1, 0.15) is 6.92 Å². The van der Waals surface area contributed by atoms with Crippen LogP contribution in [0, 0.1) is 4.77 Å². The molecule has 0 amide bonds. The van der Waals surface area contributed by atoms with Crippen molar-refractivity contribution >= 4 is 23.9 Å². The third kappa shape index (κ3) is 4.82. The van der Waals surface area contributed by atoms with E-state index in [-0.39, 0.29) is 0 Å². The lowest BCUT2D eigenvalue weighted by atomic mass is 10.2. The molecule has 8 nitrogen and oxygen atoms in total. The molecule has 3 heterocycles. The van der Waals surface area contributed by atoms with Crippen LogP contribution in [-0.4, -0.2) is 78.3 Å². The molecule has 5 rings (SSSR count). The molecule has 0 N–H and O–H groups in total. The van der Waals surface area contributed by atoms with Crippen molar-refractivity contribution in [3.05, 3.63) is 59.4 Å². The number of morpholine rings is 1. The summed E-state index contributed by atoms with van der Waals surface area (Å²) in [5.41, 5.74) is 2.21. The topological polar surface area (TPSA) is 50.9 Å². The smallest absolute Gasteiger partial charge is 0.230 e. The summed E-state index contributed by atoms with van der Waals surface area (Å²) in [6.45, 7) is 10.2. The average molecular weight is 481 g/mol. The number of para-hydroxylation sites is 3. The van der Waals surface area contributed by atoms with Crippen molar-refractivity contribution in [1.29, 1.82) is 0 Å². The molecule has 2 saturated heterocycles. The first-order valence-electron chi connectivity index (χ1n) is 12.0. The number of hydrogen-bond acceptors (Lipinski definition) is 7. The fraction of sp³-hybridized carbons (Fsp3) is 0.440. The Morgan fingerprint density at radius 1 is 0.882 bits per heavy atom. The second-order valence-corrected chi connectivity index (χ2v) is 8.86. The minimum Gasteiger partial charge on any atom is -0.492 e. The Morgan fingerprint density at radius 2 is 1.59 bits per heavy atom. The first-order valence-corrected chi connectivity index (χ1v) is 12.4. The summed E-state index contributed by atoms with van der Waals surface area (Å²) in [5.74, 6) is 1.85. The zero-order chi connectivity index (χ0) is 23.3. The molecule has 180 valence electrons. The SMILES string of the molecule is CCOc1ccccc1N1CCN(Cn2nc(N3CCOCC3)n(-c3ccccc3)c2=S)CC1. The van der Waals surface area contributed by atoms with Gasteiger partial charge >= 0.3 is 0 Å². The van der Waals surface area contributed by atoms with Crippen molar-refractivity contribution in [2.24, 2.45) is 0 Å². The molecule has 0 saturated carbocycles. The predicted octanol–water partition coefficient (Wildman–Crippen LogP) is 3.42. The maximum atomic E-state index is 5.93. The van der Waals surface area contributed by atoms with Crippen LogP contribution in [0.25, 0.3) is 5.69 Å². The Hall–Kier alpha value is -2.88. The maximum absolute atomic E-state index is 5.93. The van der Waals surface area contributed by atoms with Gasteiger partial charge in [-0.15, -0.1) is 5.10 Å². The molecule has 1 aromatic heterocycles. The average Bonchev–Trinajstić information content (AvgIpc) is 3.22. The molecule has 34 heavy (non-hydrogen) atoms. The molecule has 2 aliphatic rings. The van der Waals surface area contributed by atoms with E-state index in [9.17, 15) is 0 Å². The fourth-order valence-electron chi connectivity index (χ4n) is 4.58. The molecule has 2 aliphatic heterocycles. The van der Waals surface area contributed by atoms with Crippen molar-refractivity contribution in [3.63, 3.8) is 0 Å². The van der Waals surface area contributed by atoms with Gasteiger partial charge in [0, 0.05) is 39.3 Å². The minimum absolute atomic E-state index is 0.671. The summed E-state index contributed by atoms with van der Waals surface area (Å²) in [6.07, 6.45) is 0. The highest BCUT2D eigenvalue weighted by molar-refractivity contribution is 7.71. The summed E-state index contributed by atoms with van der Waals surface area (Å²) in [6, 6.07) is 18.6. The van der Waals surface area contributed by atoms with Crippen LogP contribution >= 0.6 is 12.2 Å². The lowest BCUT2D eigenvalue weighted by Crippen LogP contribution is -2.47. The zero-order valence-electron chi connectivity index (χ0n) is 19.7. The van der Waals surface area contributed by atoms with E-state index in [0.717, 1.165) is 61.4 Å². The van der Waals surface area contributed by atoms with Crippen molar-refractivity contribution < 1.29 is 9.47 Å². The van der Waals surface area contributed by atoms with Crippen LogP contribution in [0.5, 0.6) is 5.75 Å². The van der Waals surface area contributed by atoms with Crippen LogP contribution in [-0.2, 0) is 11.4 Å². The molecular weight excluding hydrogens is 448 g/mol. The molecule has 0 unspecified atom stereocenters. The summed E-state index contributed by atoms with van der Waals surface area (Å²) < 4.78 is 16.2. The van der Waals surface area contributed by atoms with Gasteiger partial charge in [-0.05, 0) is 43.4 Å². The second kappa shape index (κ2) is 10.6. The summed E-state index contributed by atoms with van der Waals surface area (Å²) in [4.78, 5) is 7.09. The quantitative estimate of drug-likeness (QED) is 0.480. The van der Waals surface area contributed by atoms with Crippen LogP contribution < -0.4 is 14.5 Å². The van der Waals surface area contributed by atoms with E-state index in [2.05, 4.69) is 43.5 Å². The second-order valence-electron chi connectivity index (χ2n) is 8.50. The van der Waals surface area contributed by atoms with Crippen molar-refractivity contribution in [1.82, 2.24) is 19.2 Å². The van der Waals surface area contributed by atoms with Gasteiger partial charge in [-0.25, -0.2) is 4.68 Å². The zero-order valence-corrected chi connectivity index (χ0v) is 20.5. The largest absolute Gasteiger partial charge is 0.492 e. The molecular formula is C25H32N6O2S. The molecule has 0 radical (unpaired) electrons. The van der Waals surface area contributed by atoms with Crippen molar-refractivity contribution in [2.45, 2.75) is 13.6 Å². The Kier molecular flexibility index (Phi) is 7.13. The van der Waals surface area contributed by atoms with Crippen LogP contribution in [0.3, 0.4) is 0 Å². The molecule has 2 aromatic carbocycles. The summed E-state index contributed by atoms with van der Waals surface area (Å²) in [7, 11) is 0. The molecule has 9 heteroatoms. The minimum atomic E-state index is 0.671. The van der Waals surface area contributed by atoms with E-state index >= 15 is 0 Å². The van der Waals surface area contributed by atoms with E-state index < -0.39 is 0 Å². The first-order chi connectivity index (χ1) is 16.7. The van der Waals surface area contributed by atoms with Gasteiger partial charge in [-0.2, -0.15) is 0 Å². The Labute approximate surface area is 205 Å². The van der Waals surface area contributed by atoms with E-state index in [1.807, 2.05) is 41.9 Å². The Bertz CT molecular complexity index is 1130. The number of anilines is 2. The third-order valence-electron chi connectivity index (χ3n) is 6.34. The van der Waals surface area contributed by atoms with Crippen molar-refractivity contribution in [2.75, 3.05) is 68.9 Å². The van der Waals surface area contributed by atoms with Crippen LogP contribution in [0.2, 0.25) is 0 Å². The molecule has 0 aliphatic carbocycles. The first kappa shape index (κ1) is 22.9. The summed E-state index contributed by atoms with van der Waals surface area (Å²) >= 11 is 5.93. The predicted molar refractivity (Wildman–Crippen MR) is 137 cm³/mol. The third-order valence-corrected chi connectivity index (χ3v) is 6.74. The number of hydrogen-bond donors (Lipinski definition) is 0. The molecule has 3 aromatic rings. The molecule has 2 fully saturated rings. The van der Waals surface area contributed by atoms with Gasteiger partial charge in [0.25, 0.3) is 0 Å². The van der Waals surface area contributed by atoms with Crippen molar-refractivity contribution in [3.8, 4) is 11.4 Å². The molecule has 0 bridgehead atoms. The normalized spacial score (nSPS) is 17.2. The number of nitrogens with zero attached hydrogens (tertiary/aromatic N) is 6. The maximum Gasteiger partial charge on any atom is 0.230 e. The monoisotopic (exact) mass is 480 g/mol. The lowest BCUT2D eigenvalue weighted by molar-refractivity contribution is 0.121. The Balaban J connectivity index is 1.33. The van der Waals surface area contributed by atoms with E-state index in [4.69, 9.17) is 26.8 Å². The standard InChI is InChI=1S/C25H32N6O2S/c1-2-33-23-11-7-6-10-22(23)28-14-12-27(13-15-28)20-30-25(34)31(21-8-4-3-5-9-21)24(26-30)29-16-18-32-19-17-29/h3-11H,2,12-20H2,1H3. The van der Waals surface area contributed by atoms with Gasteiger partial charge in [-0.3, -0.25) is 9.47 Å². The highest BCUT2D eigenvalue weighted by Gasteiger charge is 2.24. The van der Waals surface area contributed by atoms with E-state index in [0.29, 0.717) is 26.5 Å². The van der Waals surface area contributed by atoms with Gasteiger partial charge in [0.2, 0.25) is 10.7 Å². The summed E-state index contributed by atoms with van der Waals surface area (Å²) in [5, 5.41) is 4.99. The number of aromatic nitrogens is 3. The number of rotatable bonds is 7. The highest BCUT2D eigenvalue weighted by Crippen LogP contribution is 2.29. The molecule has 0 atom stereocenters. The van der Waals surface area contributed by atoms with E-state index in [1.54, 1.807) is 0 Å².